The SMILES string of the molecule is COC(=O)NCC1CC(C)CC(NC(=O)OC)C1. The first-order valence-corrected chi connectivity index (χ1v) is 6.21. The van der Waals surface area contributed by atoms with Gasteiger partial charge in [0.2, 0.25) is 0 Å². The normalized spacial score (nSPS) is 27.2. The van der Waals surface area contributed by atoms with Gasteiger partial charge in [0.25, 0.3) is 0 Å². The smallest absolute Gasteiger partial charge is 0.407 e. The van der Waals surface area contributed by atoms with Crippen molar-refractivity contribution in [2.45, 2.75) is 32.2 Å². The number of hydrogen-bond donors (Lipinski definition) is 2. The Labute approximate surface area is 107 Å². The van der Waals surface area contributed by atoms with E-state index in [9.17, 15) is 9.59 Å². The molecule has 0 aromatic carbocycles. The van der Waals surface area contributed by atoms with E-state index in [1.165, 1.54) is 14.2 Å². The van der Waals surface area contributed by atoms with Gasteiger partial charge in [-0.1, -0.05) is 6.92 Å². The van der Waals surface area contributed by atoms with Gasteiger partial charge in [-0.2, -0.15) is 0 Å². The molecular formula is C12H22N2O4. The van der Waals surface area contributed by atoms with Crippen molar-refractivity contribution in [2.24, 2.45) is 11.8 Å². The Morgan fingerprint density at radius 3 is 2.39 bits per heavy atom. The van der Waals surface area contributed by atoms with Crippen LogP contribution in [0.4, 0.5) is 9.59 Å². The van der Waals surface area contributed by atoms with E-state index in [1.54, 1.807) is 0 Å². The van der Waals surface area contributed by atoms with Crippen LogP contribution in [-0.4, -0.2) is 39.0 Å². The van der Waals surface area contributed by atoms with Crippen LogP contribution in [0.2, 0.25) is 0 Å². The minimum atomic E-state index is -0.411. The van der Waals surface area contributed by atoms with E-state index in [1.807, 2.05) is 0 Å². The van der Waals surface area contributed by atoms with Crippen molar-refractivity contribution >= 4 is 12.2 Å². The van der Waals surface area contributed by atoms with Gasteiger partial charge in [-0.25, -0.2) is 9.59 Å². The van der Waals surface area contributed by atoms with Crippen LogP contribution in [0.15, 0.2) is 0 Å². The number of alkyl carbamates (subject to hydrolysis) is 2. The average molecular weight is 258 g/mol. The monoisotopic (exact) mass is 258 g/mol. The first-order chi connectivity index (χ1) is 8.55. The summed E-state index contributed by atoms with van der Waals surface area (Å²) >= 11 is 0. The van der Waals surface area contributed by atoms with Crippen LogP contribution in [0.5, 0.6) is 0 Å². The third-order valence-electron chi connectivity index (χ3n) is 3.27. The van der Waals surface area contributed by atoms with Crippen molar-refractivity contribution in [1.82, 2.24) is 10.6 Å². The van der Waals surface area contributed by atoms with E-state index in [0.29, 0.717) is 18.4 Å². The van der Waals surface area contributed by atoms with Gasteiger partial charge < -0.3 is 20.1 Å². The summed E-state index contributed by atoms with van der Waals surface area (Å²) in [4.78, 5) is 22.2. The molecule has 0 heterocycles. The van der Waals surface area contributed by atoms with E-state index in [2.05, 4.69) is 27.0 Å². The summed E-state index contributed by atoms with van der Waals surface area (Å²) in [5, 5.41) is 5.53. The number of methoxy groups -OCH3 is 2. The van der Waals surface area contributed by atoms with Crippen molar-refractivity contribution in [3.63, 3.8) is 0 Å². The van der Waals surface area contributed by atoms with E-state index < -0.39 is 12.2 Å². The van der Waals surface area contributed by atoms with Crippen LogP contribution in [0.3, 0.4) is 0 Å². The Morgan fingerprint density at radius 2 is 1.78 bits per heavy atom. The van der Waals surface area contributed by atoms with Gasteiger partial charge in [-0.05, 0) is 31.1 Å². The summed E-state index contributed by atoms with van der Waals surface area (Å²) in [6, 6.07) is 0.116. The molecule has 2 N–H and O–H groups in total. The number of carbonyl (C=O) groups is 2. The fourth-order valence-corrected chi connectivity index (χ4v) is 2.56. The lowest BCUT2D eigenvalue weighted by Gasteiger charge is -2.33. The lowest BCUT2D eigenvalue weighted by Crippen LogP contribution is -2.43. The Morgan fingerprint density at radius 1 is 1.11 bits per heavy atom. The first-order valence-electron chi connectivity index (χ1n) is 6.21. The fraction of sp³-hybridized carbons (Fsp3) is 0.833. The summed E-state index contributed by atoms with van der Waals surface area (Å²) in [6.07, 6.45) is 2.04. The number of amides is 2. The minimum absolute atomic E-state index is 0.116. The van der Waals surface area contributed by atoms with Gasteiger partial charge in [-0.15, -0.1) is 0 Å². The van der Waals surface area contributed by atoms with E-state index >= 15 is 0 Å². The van der Waals surface area contributed by atoms with Crippen LogP contribution < -0.4 is 10.6 Å². The summed E-state index contributed by atoms with van der Waals surface area (Å²) in [7, 11) is 2.71. The first kappa shape index (κ1) is 14.6. The Hall–Kier alpha value is -1.46. The van der Waals surface area contributed by atoms with Gasteiger partial charge in [0.05, 0.1) is 14.2 Å². The highest BCUT2D eigenvalue weighted by atomic mass is 16.5. The van der Waals surface area contributed by atoms with Crippen LogP contribution >= 0.6 is 0 Å². The Balaban J connectivity index is 2.40. The quantitative estimate of drug-likeness (QED) is 0.804. The summed E-state index contributed by atoms with van der Waals surface area (Å²) < 4.78 is 9.14. The highest BCUT2D eigenvalue weighted by Gasteiger charge is 2.28. The second kappa shape index (κ2) is 7.08. The topological polar surface area (TPSA) is 76.7 Å². The lowest BCUT2D eigenvalue weighted by molar-refractivity contribution is 0.148. The number of carbonyl (C=O) groups excluding carboxylic acids is 2. The standard InChI is InChI=1S/C12H22N2O4/c1-8-4-9(7-13-11(15)17-2)6-10(5-8)14-12(16)18-3/h8-10H,4-7H2,1-3H3,(H,13,15)(H,14,16). The molecular weight excluding hydrogens is 236 g/mol. The lowest BCUT2D eigenvalue weighted by atomic mass is 9.79. The van der Waals surface area contributed by atoms with Gasteiger partial charge in [0.1, 0.15) is 0 Å². The zero-order valence-corrected chi connectivity index (χ0v) is 11.2. The van der Waals surface area contributed by atoms with E-state index in [0.717, 1.165) is 19.3 Å². The molecule has 1 saturated carbocycles. The van der Waals surface area contributed by atoms with Crippen molar-refractivity contribution in [3.05, 3.63) is 0 Å². The number of ether oxygens (including phenoxy) is 2. The predicted molar refractivity (Wildman–Crippen MR) is 66.2 cm³/mol. The molecule has 0 spiro atoms. The molecule has 104 valence electrons. The molecule has 1 aliphatic rings. The fourth-order valence-electron chi connectivity index (χ4n) is 2.56. The maximum atomic E-state index is 11.2. The van der Waals surface area contributed by atoms with Crippen LogP contribution in [-0.2, 0) is 9.47 Å². The molecule has 2 amide bonds. The van der Waals surface area contributed by atoms with Gasteiger partial charge >= 0.3 is 12.2 Å². The van der Waals surface area contributed by atoms with Gasteiger partial charge in [0, 0.05) is 12.6 Å². The molecule has 0 aromatic rings. The maximum Gasteiger partial charge on any atom is 0.407 e. The molecule has 6 heteroatoms. The Kier molecular flexibility index (Phi) is 5.74. The third kappa shape index (κ3) is 4.81. The van der Waals surface area contributed by atoms with Gasteiger partial charge in [0.15, 0.2) is 0 Å². The van der Waals surface area contributed by atoms with Crippen molar-refractivity contribution in [3.8, 4) is 0 Å². The second-order valence-corrected chi connectivity index (χ2v) is 4.88. The predicted octanol–water partition coefficient (Wildman–Crippen LogP) is 1.50. The van der Waals surface area contributed by atoms with E-state index in [4.69, 9.17) is 0 Å². The summed E-state index contributed by atoms with van der Waals surface area (Å²) in [6.45, 7) is 2.73. The number of rotatable bonds is 3. The number of nitrogens with one attached hydrogen (secondary N) is 2. The molecule has 1 fully saturated rings. The van der Waals surface area contributed by atoms with E-state index in [-0.39, 0.29) is 6.04 Å². The molecule has 0 bridgehead atoms. The molecule has 1 rings (SSSR count). The minimum Gasteiger partial charge on any atom is -0.453 e. The zero-order chi connectivity index (χ0) is 13.5. The molecule has 3 atom stereocenters. The largest absolute Gasteiger partial charge is 0.453 e. The molecule has 0 aliphatic heterocycles. The number of hydrogen-bond acceptors (Lipinski definition) is 4. The van der Waals surface area contributed by atoms with Crippen molar-refractivity contribution in [2.75, 3.05) is 20.8 Å². The zero-order valence-electron chi connectivity index (χ0n) is 11.2. The maximum absolute atomic E-state index is 11.2. The van der Waals surface area contributed by atoms with Crippen LogP contribution in [0, 0.1) is 11.8 Å². The molecule has 6 nitrogen and oxygen atoms in total. The summed E-state index contributed by atoms with van der Waals surface area (Å²) in [5.74, 6) is 0.875. The molecule has 1 aliphatic carbocycles. The second-order valence-electron chi connectivity index (χ2n) is 4.88. The molecule has 3 unspecified atom stereocenters. The van der Waals surface area contributed by atoms with Crippen molar-refractivity contribution in [1.29, 1.82) is 0 Å². The summed E-state index contributed by atoms with van der Waals surface area (Å²) in [5.41, 5.74) is 0. The highest BCUT2D eigenvalue weighted by molar-refractivity contribution is 5.67. The third-order valence-corrected chi connectivity index (χ3v) is 3.27. The average Bonchev–Trinajstić information content (AvgIpc) is 2.35. The molecule has 0 aromatic heterocycles. The Bertz CT molecular complexity index is 296. The van der Waals surface area contributed by atoms with Crippen molar-refractivity contribution < 1.29 is 19.1 Å². The molecule has 0 radical (unpaired) electrons. The highest BCUT2D eigenvalue weighted by Crippen LogP contribution is 2.28. The van der Waals surface area contributed by atoms with Crippen LogP contribution in [0.25, 0.3) is 0 Å². The molecule has 0 saturated heterocycles. The van der Waals surface area contributed by atoms with Gasteiger partial charge in [-0.3, -0.25) is 0 Å². The molecule has 18 heavy (non-hydrogen) atoms. The van der Waals surface area contributed by atoms with Crippen LogP contribution in [0.1, 0.15) is 26.2 Å².